The van der Waals surface area contributed by atoms with Gasteiger partial charge in [0.15, 0.2) is 0 Å². The van der Waals surface area contributed by atoms with Crippen LogP contribution in [0.2, 0.25) is 5.02 Å². The predicted molar refractivity (Wildman–Crippen MR) is 67.4 cm³/mol. The summed E-state index contributed by atoms with van der Waals surface area (Å²) in [7, 11) is 1.69. The van der Waals surface area contributed by atoms with Crippen LogP contribution in [0.5, 0.6) is 5.75 Å². The topological polar surface area (TPSA) is 21.3 Å². The van der Waals surface area contributed by atoms with Gasteiger partial charge in [0.25, 0.3) is 0 Å². The molecule has 16 heavy (non-hydrogen) atoms. The first-order valence-corrected chi connectivity index (χ1v) is 6.23. The summed E-state index contributed by atoms with van der Waals surface area (Å²) in [5.74, 6) is 0.832. The summed E-state index contributed by atoms with van der Waals surface area (Å²) >= 11 is 6.24. The van der Waals surface area contributed by atoms with Crippen molar-refractivity contribution in [3.8, 4) is 5.75 Å². The van der Waals surface area contributed by atoms with Gasteiger partial charge in [0.05, 0.1) is 12.1 Å². The van der Waals surface area contributed by atoms with Crippen LogP contribution in [0.4, 0.5) is 0 Å². The summed E-state index contributed by atoms with van der Waals surface area (Å²) in [5.41, 5.74) is 2.49. The van der Waals surface area contributed by atoms with E-state index in [0.717, 1.165) is 23.7 Å². The molecule has 1 saturated heterocycles. The van der Waals surface area contributed by atoms with Crippen LogP contribution < -0.4 is 10.1 Å². The first-order valence-electron chi connectivity index (χ1n) is 5.86. The number of hydrogen-bond acceptors (Lipinski definition) is 2. The summed E-state index contributed by atoms with van der Waals surface area (Å²) in [6.07, 6.45) is 3.39. The van der Waals surface area contributed by atoms with Crippen molar-refractivity contribution < 1.29 is 4.74 Å². The summed E-state index contributed by atoms with van der Waals surface area (Å²) in [6.45, 7) is 3.23. The fraction of sp³-hybridized carbons (Fsp3) is 0.538. The molecule has 1 unspecified atom stereocenters. The normalized spacial score (nSPS) is 20.1. The Morgan fingerprint density at radius 1 is 1.50 bits per heavy atom. The number of ether oxygens (including phenoxy) is 1. The number of hydrogen-bond donors (Lipinski definition) is 1. The molecular formula is C13H18ClNO. The molecule has 0 saturated carbocycles. The molecular weight excluding hydrogens is 222 g/mol. The van der Waals surface area contributed by atoms with E-state index in [4.69, 9.17) is 16.3 Å². The summed E-state index contributed by atoms with van der Waals surface area (Å²) in [4.78, 5) is 0. The van der Waals surface area contributed by atoms with Crippen molar-refractivity contribution in [2.45, 2.75) is 32.2 Å². The van der Waals surface area contributed by atoms with Crippen molar-refractivity contribution in [3.05, 3.63) is 28.3 Å². The third-order valence-electron chi connectivity index (χ3n) is 3.18. The highest BCUT2D eigenvalue weighted by Gasteiger charge is 2.21. The van der Waals surface area contributed by atoms with Crippen molar-refractivity contribution in [1.29, 1.82) is 0 Å². The van der Waals surface area contributed by atoms with Crippen molar-refractivity contribution in [1.82, 2.24) is 5.32 Å². The van der Waals surface area contributed by atoms with E-state index in [-0.39, 0.29) is 0 Å². The predicted octanol–water partition coefficient (Wildman–Crippen LogP) is 3.34. The van der Waals surface area contributed by atoms with Crippen LogP contribution in [0.1, 0.15) is 36.9 Å². The summed E-state index contributed by atoms with van der Waals surface area (Å²) in [5, 5.41) is 4.21. The molecule has 0 amide bonds. The zero-order chi connectivity index (χ0) is 11.5. The molecule has 2 rings (SSSR count). The number of benzene rings is 1. The fourth-order valence-corrected chi connectivity index (χ4v) is 2.63. The third kappa shape index (κ3) is 2.18. The van der Waals surface area contributed by atoms with E-state index in [9.17, 15) is 0 Å². The maximum absolute atomic E-state index is 6.24. The van der Waals surface area contributed by atoms with Crippen molar-refractivity contribution in [2.75, 3.05) is 13.7 Å². The molecule has 88 valence electrons. The Kier molecular flexibility index (Phi) is 3.72. The number of halogens is 1. The molecule has 1 aliphatic heterocycles. The Morgan fingerprint density at radius 3 is 2.88 bits per heavy atom. The highest BCUT2D eigenvalue weighted by molar-refractivity contribution is 6.32. The smallest absolute Gasteiger partial charge is 0.142 e. The first kappa shape index (κ1) is 11.7. The van der Waals surface area contributed by atoms with Gasteiger partial charge in [0.2, 0.25) is 0 Å². The lowest BCUT2D eigenvalue weighted by Gasteiger charge is -2.17. The second-order valence-corrected chi connectivity index (χ2v) is 4.61. The lowest BCUT2D eigenvalue weighted by molar-refractivity contribution is 0.403. The van der Waals surface area contributed by atoms with Gasteiger partial charge in [-0.3, -0.25) is 0 Å². The van der Waals surface area contributed by atoms with Crippen molar-refractivity contribution in [3.63, 3.8) is 0 Å². The van der Waals surface area contributed by atoms with Gasteiger partial charge in [-0.1, -0.05) is 24.6 Å². The van der Waals surface area contributed by atoms with E-state index >= 15 is 0 Å². The standard InChI is InChI=1S/C13H18ClNO/c1-3-9-7-10(12-5-4-6-15-12)13(16-2)11(14)8-9/h7-8,12,15H,3-6H2,1-2H3. The van der Waals surface area contributed by atoms with Gasteiger partial charge in [0, 0.05) is 11.6 Å². The largest absolute Gasteiger partial charge is 0.495 e. The van der Waals surface area contributed by atoms with Gasteiger partial charge < -0.3 is 10.1 Å². The number of methoxy groups -OCH3 is 1. The van der Waals surface area contributed by atoms with Gasteiger partial charge in [-0.2, -0.15) is 0 Å². The molecule has 1 heterocycles. The third-order valence-corrected chi connectivity index (χ3v) is 3.46. The monoisotopic (exact) mass is 239 g/mol. The fourth-order valence-electron chi connectivity index (χ4n) is 2.30. The molecule has 0 aromatic heterocycles. The minimum atomic E-state index is 0.402. The molecule has 0 spiro atoms. The van der Waals surface area contributed by atoms with E-state index in [1.807, 2.05) is 6.07 Å². The quantitative estimate of drug-likeness (QED) is 0.874. The Hall–Kier alpha value is -0.730. The second-order valence-electron chi connectivity index (χ2n) is 4.20. The molecule has 1 atom stereocenters. The SMILES string of the molecule is CCc1cc(Cl)c(OC)c(C2CCCN2)c1. The summed E-state index contributed by atoms with van der Waals surface area (Å²) in [6, 6.07) is 4.62. The molecule has 0 radical (unpaired) electrons. The van der Waals surface area contributed by atoms with E-state index in [1.165, 1.54) is 24.0 Å². The molecule has 1 aromatic rings. The van der Waals surface area contributed by atoms with Crippen LogP contribution in [0, 0.1) is 0 Å². The van der Waals surface area contributed by atoms with E-state index in [2.05, 4.69) is 18.3 Å². The van der Waals surface area contributed by atoms with Crippen molar-refractivity contribution >= 4 is 11.6 Å². The Bertz CT molecular complexity index is 372. The molecule has 1 aliphatic rings. The zero-order valence-electron chi connectivity index (χ0n) is 9.85. The number of nitrogens with one attached hydrogen (secondary N) is 1. The highest BCUT2D eigenvalue weighted by atomic mass is 35.5. The Balaban J connectivity index is 2.42. The minimum Gasteiger partial charge on any atom is -0.495 e. The van der Waals surface area contributed by atoms with Gasteiger partial charge in [-0.15, -0.1) is 0 Å². The van der Waals surface area contributed by atoms with Crippen LogP contribution in [0.3, 0.4) is 0 Å². The van der Waals surface area contributed by atoms with E-state index in [0.29, 0.717) is 6.04 Å². The second kappa shape index (κ2) is 5.07. The zero-order valence-corrected chi connectivity index (χ0v) is 10.6. The highest BCUT2D eigenvalue weighted by Crippen LogP contribution is 2.37. The molecule has 1 fully saturated rings. The minimum absolute atomic E-state index is 0.402. The lowest BCUT2D eigenvalue weighted by atomic mass is 10.0. The molecule has 1 aromatic carbocycles. The maximum atomic E-state index is 6.24. The van der Waals surface area contributed by atoms with E-state index < -0.39 is 0 Å². The molecule has 0 bridgehead atoms. The van der Waals surface area contributed by atoms with Crippen LogP contribution in [0.15, 0.2) is 12.1 Å². The first-order chi connectivity index (χ1) is 7.76. The van der Waals surface area contributed by atoms with Crippen LogP contribution in [-0.4, -0.2) is 13.7 Å². The average molecular weight is 240 g/mol. The van der Waals surface area contributed by atoms with Gasteiger partial charge in [-0.25, -0.2) is 0 Å². The summed E-state index contributed by atoms with van der Waals surface area (Å²) < 4.78 is 5.42. The van der Waals surface area contributed by atoms with Gasteiger partial charge >= 0.3 is 0 Å². The van der Waals surface area contributed by atoms with Crippen molar-refractivity contribution in [2.24, 2.45) is 0 Å². The van der Waals surface area contributed by atoms with Crippen LogP contribution >= 0.6 is 11.6 Å². The Morgan fingerprint density at radius 2 is 2.31 bits per heavy atom. The lowest BCUT2D eigenvalue weighted by Crippen LogP contribution is -2.14. The molecule has 2 nitrogen and oxygen atoms in total. The average Bonchev–Trinajstić information content (AvgIpc) is 2.81. The number of aryl methyl sites for hydroxylation is 1. The number of rotatable bonds is 3. The molecule has 3 heteroatoms. The molecule has 1 N–H and O–H groups in total. The molecule has 0 aliphatic carbocycles. The van der Waals surface area contributed by atoms with E-state index in [1.54, 1.807) is 7.11 Å². The Labute approximate surface area is 102 Å². The van der Waals surface area contributed by atoms with Crippen LogP contribution in [0.25, 0.3) is 0 Å². The van der Waals surface area contributed by atoms with Crippen LogP contribution in [-0.2, 0) is 6.42 Å². The maximum Gasteiger partial charge on any atom is 0.142 e. The van der Waals surface area contributed by atoms with Gasteiger partial charge in [0.1, 0.15) is 5.75 Å². The van der Waals surface area contributed by atoms with Gasteiger partial charge in [-0.05, 0) is 37.4 Å².